The average molecular weight is 285 g/mol. The van der Waals surface area contributed by atoms with Gasteiger partial charge in [0.2, 0.25) is 0 Å². The van der Waals surface area contributed by atoms with Crippen molar-refractivity contribution in [2.45, 2.75) is 25.9 Å². The summed E-state index contributed by atoms with van der Waals surface area (Å²) in [6.45, 7) is 3.86. The zero-order valence-corrected chi connectivity index (χ0v) is 11.0. The molecule has 16 heavy (non-hydrogen) atoms. The number of anilines is 1. The lowest BCUT2D eigenvalue weighted by Crippen LogP contribution is -2.37. The van der Waals surface area contributed by atoms with Crippen LogP contribution in [0.1, 0.15) is 19.8 Å². The van der Waals surface area contributed by atoms with Crippen molar-refractivity contribution in [3.05, 3.63) is 22.8 Å². The average Bonchev–Trinajstić information content (AvgIpc) is 2.29. The number of aliphatic hydroxyl groups excluding tert-OH is 1. The lowest BCUT2D eigenvalue weighted by Gasteiger charge is -2.34. The SMILES string of the molecule is CC(O)C1CCN(c2cccc(Br)n2)CC1. The van der Waals surface area contributed by atoms with Crippen molar-refractivity contribution in [3.63, 3.8) is 0 Å². The summed E-state index contributed by atoms with van der Waals surface area (Å²) in [5.41, 5.74) is 0. The van der Waals surface area contributed by atoms with Gasteiger partial charge in [0.05, 0.1) is 6.10 Å². The summed E-state index contributed by atoms with van der Waals surface area (Å²) in [7, 11) is 0. The number of hydrogen-bond donors (Lipinski definition) is 1. The second-order valence-corrected chi connectivity index (χ2v) is 5.20. The van der Waals surface area contributed by atoms with Crippen molar-refractivity contribution in [1.82, 2.24) is 4.98 Å². The fourth-order valence-corrected chi connectivity index (χ4v) is 2.52. The van der Waals surface area contributed by atoms with Gasteiger partial charge in [0, 0.05) is 13.1 Å². The molecule has 1 unspecified atom stereocenters. The molecule has 0 saturated carbocycles. The Kier molecular flexibility index (Phi) is 3.82. The molecule has 0 aliphatic carbocycles. The van der Waals surface area contributed by atoms with Gasteiger partial charge in [0.1, 0.15) is 10.4 Å². The molecule has 1 aromatic rings. The molecular formula is C12H17BrN2O. The van der Waals surface area contributed by atoms with Crippen LogP contribution in [0.4, 0.5) is 5.82 Å². The largest absolute Gasteiger partial charge is 0.393 e. The first kappa shape index (κ1) is 11.9. The van der Waals surface area contributed by atoms with Crippen LogP contribution in [0.5, 0.6) is 0 Å². The van der Waals surface area contributed by atoms with Gasteiger partial charge in [-0.05, 0) is 53.7 Å². The van der Waals surface area contributed by atoms with Crippen molar-refractivity contribution in [2.24, 2.45) is 5.92 Å². The Morgan fingerprint density at radius 3 is 2.69 bits per heavy atom. The molecule has 2 rings (SSSR count). The minimum Gasteiger partial charge on any atom is -0.393 e. The van der Waals surface area contributed by atoms with Crippen LogP contribution in [0.15, 0.2) is 22.8 Å². The normalized spacial score (nSPS) is 19.8. The fourth-order valence-electron chi connectivity index (χ4n) is 2.18. The zero-order chi connectivity index (χ0) is 11.5. The minimum atomic E-state index is -0.183. The van der Waals surface area contributed by atoms with Crippen LogP contribution in [0, 0.1) is 5.92 Å². The number of pyridine rings is 1. The monoisotopic (exact) mass is 284 g/mol. The van der Waals surface area contributed by atoms with Crippen molar-refractivity contribution >= 4 is 21.7 Å². The summed E-state index contributed by atoms with van der Waals surface area (Å²) in [5.74, 6) is 1.47. The summed E-state index contributed by atoms with van der Waals surface area (Å²) < 4.78 is 0.877. The highest BCUT2D eigenvalue weighted by molar-refractivity contribution is 9.10. The summed E-state index contributed by atoms with van der Waals surface area (Å²) in [6.07, 6.45) is 1.91. The van der Waals surface area contributed by atoms with Crippen molar-refractivity contribution in [1.29, 1.82) is 0 Å². The molecule has 0 spiro atoms. The van der Waals surface area contributed by atoms with Crippen molar-refractivity contribution in [2.75, 3.05) is 18.0 Å². The van der Waals surface area contributed by atoms with E-state index in [1.54, 1.807) is 0 Å². The highest BCUT2D eigenvalue weighted by atomic mass is 79.9. The molecule has 1 fully saturated rings. The summed E-state index contributed by atoms with van der Waals surface area (Å²) in [4.78, 5) is 6.73. The lowest BCUT2D eigenvalue weighted by molar-refractivity contribution is 0.110. The molecule has 3 nitrogen and oxygen atoms in total. The van der Waals surface area contributed by atoms with Crippen molar-refractivity contribution in [3.8, 4) is 0 Å². The molecule has 1 aliphatic rings. The predicted octanol–water partition coefficient (Wildman–Crippen LogP) is 2.44. The van der Waals surface area contributed by atoms with E-state index in [0.717, 1.165) is 36.4 Å². The van der Waals surface area contributed by atoms with E-state index in [2.05, 4.69) is 25.8 Å². The van der Waals surface area contributed by atoms with Gasteiger partial charge >= 0.3 is 0 Å². The van der Waals surface area contributed by atoms with E-state index >= 15 is 0 Å². The number of hydrogen-bond acceptors (Lipinski definition) is 3. The van der Waals surface area contributed by atoms with Gasteiger partial charge in [0.15, 0.2) is 0 Å². The maximum Gasteiger partial charge on any atom is 0.129 e. The van der Waals surface area contributed by atoms with Gasteiger partial charge in [-0.3, -0.25) is 0 Å². The second kappa shape index (κ2) is 5.15. The van der Waals surface area contributed by atoms with E-state index in [1.165, 1.54) is 0 Å². The Morgan fingerprint density at radius 2 is 2.12 bits per heavy atom. The highest BCUT2D eigenvalue weighted by Gasteiger charge is 2.23. The van der Waals surface area contributed by atoms with E-state index < -0.39 is 0 Å². The first-order valence-corrected chi connectivity index (χ1v) is 6.51. The van der Waals surface area contributed by atoms with Crippen LogP contribution in [0.25, 0.3) is 0 Å². The smallest absolute Gasteiger partial charge is 0.129 e. The molecule has 1 N–H and O–H groups in total. The highest BCUT2D eigenvalue weighted by Crippen LogP contribution is 2.24. The number of piperidine rings is 1. The number of aromatic nitrogens is 1. The third-order valence-corrected chi connectivity index (χ3v) is 3.69. The molecule has 4 heteroatoms. The third kappa shape index (κ3) is 2.74. The van der Waals surface area contributed by atoms with Gasteiger partial charge in [-0.2, -0.15) is 0 Å². The molecule has 0 amide bonds. The molecule has 2 heterocycles. The minimum absolute atomic E-state index is 0.183. The van der Waals surface area contributed by atoms with E-state index in [0.29, 0.717) is 5.92 Å². The Bertz CT molecular complexity index is 349. The Hall–Kier alpha value is -0.610. The molecule has 1 aromatic heterocycles. The van der Waals surface area contributed by atoms with Crippen LogP contribution in [0.3, 0.4) is 0 Å². The zero-order valence-electron chi connectivity index (χ0n) is 9.43. The topological polar surface area (TPSA) is 36.4 Å². The fraction of sp³-hybridized carbons (Fsp3) is 0.583. The maximum absolute atomic E-state index is 9.54. The van der Waals surface area contributed by atoms with Crippen LogP contribution < -0.4 is 4.90 Å². The van der Waals surface area contributed by atoms with Crippen LogP contribution in [-0.2, 0) is 0 Å². The summed E-state index contributed by atoms with van der Waals surface area (Å²) in [5, 5.41) is 9.54. The molecule has 0 bridgehead atoms. The lowest BCUT2D eigenvalue weighted by atomic mass is 9.92. The number of nitrogens with zero attached hydrogens (tertiary/aromatic N) is 2. The molecule has 0 radical (unpaired) electrons. The van der Waals surface area contributed by atoms with Gasteiger partial charge in [-0.15, -0.1) is 0 Å². The Balaban J connectivity index is 1.99. The molecule has 88 valence electrons. The molecular weight excluding hydrogens is 268 g/mol. The van der Waals surface area contributed by atoms with E-state index in [9.17, 15) is 5.11 Å². The molecule has 0 aromatic carbocycles. The molecule has 1 saturated heterocycles. The summed E-state index contributed by atoms with van der Waals surface area (Å²) in [6, 6.07) is 5.98. The van der Waals surface area contributed by atoms with Crippen molar-refractivity contribution < 1.29 is 5.11 Å². The second-order valence-electron chi connectivity index (χ2n) is 4.38. The number of aliphatic hydroxyl groups is 1. The standard InChI is InChI=1S/C12H17BrN2O/c1-9(16)10-5-7-15(8-6-10)12-4-2-3-11(13)14-12/h2-4,9-10,16H,5-8H2,1H3. The quantitative estimate of drug-likeness (QED) is 0.848. The molecule has 1 atom stereocenters. The van der Waals surface area contributed by atoms with Gasteiger partial charge in [-0.25, -0.2) is 4.98 Å². The molecule has 1 aliphatic heterocycles. The maximum atomic E-state index is 9.54. The third-order valence-electron chi connectivity index (χ3n) is 3.25. The summed E-state index contributed by atoms with van der Waals surface area (Å²) >= 11 is 3.39. The van der Waals surface area contributed by atoms with Gasteiger partial charge in [0.25, 0.3) is 0 Å². The Labute approximate surface area is 105 Å². The first-order chi connectivity index (χ1) is 7.66. The predicted molar refractivity (Wildman–Crippen MR) is 68.6 cm³/mol. The van der Waals surface area contributed by atoms with E-state index in [-0.39, 0.29) is 6.10 Å². The van der Waals surface area contributed by atoms with Crippen LogP contribution >= 0.6 is 15.9 Å². The number of halogens is 1. The van der Waals surface area contributed by atoms with Gasteiger partial charge < -0.3 is 10.0 Å². The van der Waals surface area contributed by atoms with Gasteiger partial charge in [-0.1, -0.05) is 6.07 Å². The Morgan fingerprint density at radius 1 is 1.44 bits per heavy atom. The van der Waals surface area contributed by atoms with Crippen LogP contribution in [-0.4, -0.2) is 29.3 Å². The van der Waals surface area contributed by atoms with E-state index in [4.69, 9.17) is 0 Å². The van der Waals surface area contributed by atoms with Crippen LogP contribution in [0.2, 0.25) is 0 Å². The first-order valence-electron chi connectivity index (χ1n) is 5.72. The number of rotatable bonds is 2. The van der Waals surface area contributed by atoms with E-state index in [1.807, 2.05) is 25.1 Å².